The Hall–Kier alpha value is -2.99. The van der Waals surface area contributed by atoms with Crippen LogP contribution in [0.1, 0.15) is 22.8 Å². The zero-order valence-corrected chi connectivity index (χ0v) is 15.2. The van der Waals surface area contributed by atoms with Gasteiger partial charge in [-0.25, -0.2) is 0 Å². The SMILES string of the molecule is CCOc1cc(C=CC(=O)Nc2ccccc2C(N)=O)cc(Cl)c1OC. The minimum absolute atomic E-state index is 0.236. The van der Waals surface area contributed by atoms with Crippen molar-refractivity contribution in [2.24, 2.45) is 5.73 Å². The zero-order chi connectivity index (χ0) is 19.1. The molecule has 0 aliphatic carbocycles. The number of benzene rings is 2. The van der Waals surface area contributed by atoms with Crippen molar-refractivity contribution in [1.82, 2.24) is 0 Å². The molecule has 0 aliphatic heterocycles. The lowest BCUT2D eigenvalue weighted by molar-refractivity contribution is -0.111. The van der Waals surface area contributed by atoms with Crippen molar-refractivity contribution in [3.63, 3.8) is 0 Å². The van der Waals surface area contributed by atoms with Crippen LogP contribution in [0, 0.1) is 0 Å². The maximum absolute atomic E-state index is 12.1. The first-order valence-electron chi connectivity index (χ1n) is 7.84. The minimum Gasteiger partial charge on any atom is -0.491 e. The quantitative estimate of drug-likeness (QED) is 0.726. The van der Waals surface area contributed by atoms with Crippen molar-refractivity contribution >= 4 is 35.2 Å². The minimum atomic E-state index is -0.617. The summed E-state index contributed by atoms with van der Waals surface area (Å²) in [4.78, 5) is 23.5. The summed E-state index contributed by atoms with van der Waals surface area (Å²) in [5.74, 6) is -0.107. The van der Waals surface area contributed by atoms with E-state index in [-0.39, 0.29) is 5.56 Å². The molecule has 0 radical (unpaired) electrons. The maximum atomic E-state index is 12.1. The molecule has 3 N–H and O–H groups in total. The highest BCUT2D eigenvalue weighted by Gasteiger charge is 2.11. The van der Waals surface area contributed by atoms with Crippen molar-refractivity contribution in [3.05, 3.63) is 58.6 Å². The Kier molecular flexibility index (Phi) is 6.63. The molecule has 0 heterocycles. The molecule has 0 saturated heterocycles. The molecule has 0 spiro atoms. The van der Waals surface area contributed by atoms with Crippen LogP contribution >= 0.6 is 11.6 Å². The number of primary amides is 1. The lowest BCUT2D eigenvalue weighted by Crippen LogP contribution is -2.16. The summed E-state index contributed by atoms with van der Waals surface area (Å²) in [6.45, 7) is 2.30. The number of ether oxygens (including phenoxy) is 2. The van der Waals surface area contributed by atoms with Gasteiger partial charge in [0.05, 0.1) is 30.0 Å². The Morgan fingerprint density at radius 3 is 2.65 bits per heavy atom. The lowest BCUT2D eigenvalue weighted by atomic mass is 10.1. The summed E-state index contributed by atoms with van der Waals surface area (Å²) < 4.78 is 10.7. The van der Waals surface area contributed by atoms with Crippen molar-refractivity contribution in [1.29, 1.82) is 0 Å². The molecule has 6 nitrogen and oxygen atoms in total. The summed E-state index contributed by atoms with van der Waals surface area (Å²) in [6.07, 6.45) is 2.90. The average molecular weight is 375 g/mol. The number of anilines is 1. The highest BCUT2D eigenvalue weighted by Crippen LogP contribution is 2.36. The van der Waals surface area contributed by atoms with E-state index in [2.05, 4.69) is 5.32 Å². The van der Waals surface area contributed by atoms with E-state index in [1.807, 2.05) is 6.92 Å². The smallest absolute Gasteiger partial charge is 0.250 e. The summed E-state index contributed by atoms with van der Waals surface area (Å²) in [7, 11) is 1.50. The van der Waals surface area contributed by atoms with Crippen LogP contribution in [0.15, 0.2) is 42.5 Å². The Morgan fingerprint density at radius 1 is 1.27 bits per heavy atom. The highest BCUT2D eigenvalue weighted by atomic mass is 35.5. The zero-order valence-electron chi connectivity index (χ0n) is 14.4. The van der Waals surface area contributed by atoms with Gasteiger partial charge in [0.2, 0.25) is 5.91 Å². The van der Waals surface area contributed by atoms with Gasteiger partial charge >= 0.3 is 0 Å². The number of hydrogen-bond donors (Lipinski definition) is 2. The number of halogens is 1. The van der Waals surface area contributed by atoms with Crippen molar-refractivity contribution < 1.29 is 19.1 Å². The first kappa shape index (κ1) is 19.3. The molecule has 7 heteroatoms. The maximum Gasteiger partial charge on any atom is 0.250 e. The fraction of sp³-hybridized carbons (Fsp3) is 0.158. The first-order valence-corrected chi connectivity index (χ1v) is 8.22. The Labute approximate surface area is 156 Å². The molecule has 2 aromatic carbocycles. The van der Waals surface area contributed by atoms with Gasteiger partial charge in [0.1, 0.15) is 0 Å². The molecular weight excluding hydrogens is 356 g/mol. The molecule has 26 heavy (non-hydrogen) atoms. The molecular formula is C19H19ClN2O4. The van der Waals surface area contributed by atoms with Gasteiger partial charge in [-0.05, 0) is 42.8 Å². The standard InChI is InChI=1S/C19H19ClN2O4/c1-3-26-16-11-12(10-14(20)18(16)25-2)8-9-17(23)22-15-7-5-4-6-13(15)19(21)24/h4-11H,3H2,1-2H3,(H2,21,24)(H,22,23). The van der Waals surface area contributed by atoms with Crippen LogP contribution in [0.25, 0.3) is 6.08 Å². The van der Waals surface area contributed by atoms with Crippen molar-refractivity contribution in [2.75, 3.05) is 19.0 Å². The largest absolute Gasteiger partial charge is 0.491 e. The number of hydrogen-bond acceptors (Lipinski definition) is 4. The van der Waals surface area contributed by atoms with Crippen LogP contribution in [0.4, 0.5) is 5.69 Å². The fourth-order valence-corrected chi connectivity index (χ4v) is 2.59. The van der Waals surface area contributed by atoms with Crippen LogP contribution in [0.5, 0.6) is 11.5 Å². The van der Waals surface area contributed by atoms with E-state index in [1.165, 1.54) is 13.2 Å². The van der Waals surface area contributed by atoms with Crippen LogP contribution in [-0.4, -0.2) is 25.5 Å². The van der Waals surface area contributed by atoms with Crippen LogP contribution in [0.2, 0.25) is 5.02 Å². The van der Waals surface area contributed by atoms with E-state index in [1.54, 1.807) is 42.5 Å². The van der Waals surface area contributed by atoms with Crippen LogP contribution in [0.3, 0.4) is 0 Å². The molecule has 2 rings (SSSR count). The summed E-state index contributed by atoms with van der Waals surface area (Å²) in [5.41, 5.74) is 6.54. The van der Waals surface area contributed by atoms with Gasteiger partial charge in [0.15, 0.2) is 11.5 Å². The monoisotopic (exact) mass is 374 g/mol. The van der Waals surface area contributed by atoms with E-state index in [0.29, 0.717) is 34.4 Å². The molecule has 0 saturated carbocycles. The van der Waals surface area contributed by atoms with Crippen molar-refractivity contribution in [2.45, 2.75) is 6.92 Å². The Morgan fingerprint density at radius 2 is 2.00 bits per heavy atom. The number of rotatable bonds is 7. The van der Waals surface area contributed by atoms with Gasteiger partial charge in [-0.3, -0.25) is 9.59 Å². The summed E-state index contributed by atoms with van der Waals surface area (Å²) in [5, 5.41) is 3.00. The number of nitrogens with one attached hydrogen (secondary N) is 1. The van der Waals surface area contributed by atoms with Gasteiger partial charge in [0, 0.05) is 6.08 Å². The Bertz CT molecular complexity index is 849. The predicted molar refractivity (Wildman–Crippen MR) is 102 cm³/mol. The molecule has 0 bridgehead atoms. The van der Waals surface area contributed by atoms with E-state index in [4.69, 9.17) is 26.8 Å². The molecule has 2 amide bonds. The number of para-hydroxylation sites is 1. The van der Waals surface area contributed by atoms with Gasteiger partial charge in [0.25, 0.3) is 5.91 Å². The highest BCUT2D eigenvalue weighted by molar-refractivity contribution is 6.32. The molecule has 0 aromatic heterocycles. The normalized spacial score (nSPS) is 10.6. The third-order valence-corrected chi connectivity index (χ3v) is 3.69. The van der Waals surface area contributed by atoms with Crippen LogP contribution in [-0.2, 0) is 4.79 Å². The first-order chi connectivity index (χ1) is 12.5. The Balaban J connectivity index is 2.19. The lowest BCUT2D eigenvalue weighted by Gasteiger charge is -2.11. The van der Waals surface area contributed by atoms with Gasteiger partial charge in [-0.2, -0.15) is 0 Å². The van der Waals surface area contributed by atoms with Gasteiger partial charge in [-0.1, -0.05) is 23.7 Å². The van der Waals surface area contributed by atoms with E-state index in [0.717, 1.165) is 0 Å². The van der Waals surface area contributed by atoms with E-state index in [9.17, 15) is 9.59 Å². The summed E-state index contributed by atoms with van der Waals surface area (Å²) in [6, 6.07) is 9.88. The fourth-order valence-electron chi connectivity index (χ4n) is 2.30. The van der Waals surface area contributed by atoms with Crippen LogP contribution < -0.4 is 20.5 Å². The number of carbonyl (C=O) groups is 2. The molecule has 0 unspecified atom stereocenters. The summed E-state index contributed by atoms with van der Waals surface area (Å²) >= 11 is 6.18. The second kappa shape index (κ2) is 8.92. The number of methoxy groups -OCH3 is 1. The van der Waals surface area contributed by atoms with Gasteiger partial charge in [-0.15, -0.1) is 0 Å². The molecule has 136 valence electrons. The number of nitrogens with two attached hydrogens (primary N) is 1. The number of carbonyl (C=O) groups excluding carboxylic acids is 2. The van der Waals surface area contributed by atoms with Gasteiger partial charge < -0.3 is 20.5 Å². The third-order valence-electron chi connectivity index (χ3n) is 3.41. The van der Waals surface area contributed by atoms with Crippen molar-refractivity contribution in [3.8, 4) is 11.5 Å². The molecule has 2 aromatic rings. The predicted octanol–water partition coefficient (Wildman–Crippen LogP) is 3.50. The average Bonchev–Trinajstić information content (AvgIpc) is 2.60. The molecule has 0 aliphatic rings. The van der Waals surface area contributed by atoms with E-state index >= 15 is 0 Å². The second-order valence-electron chi connectivity index (χ2n) is 5.20. The van der Waals surface area contributed by atoms with E-state index < -0.39 is 11.8 Å². The number of amides is 2. The second-order valence-corrected chi connectivity index (χ2v) is 5.61. The topological polar surface area (TPSA) is 90.6 Å². The molecule has 0 fully saturated rings. The molecule has 0 atom stereocenters. The third kappa shape index (κ3) is 4.77.